The van der Waals surface area contributed by atoms with Gasteiger partial charge in [0, 0.05) is 18.4 Å². The van der Waals surface area contributed by atoms with Gasteiger partial charge in [0.2, 0.25) is 0 Å². The van der Waals surface area contributed by atoms with Crippen LogP contribution in [0.25, 0.3) is 0 Å². The minimum atomic E-state index is -6.41. The van der Waals surface area contributed by atoms with Gasteiger partial charge in [-0.3, -0.25) is 8.98 Å². The predicted molar refractivity (Wildman–Crippen MR) is 107 cm³/mol. The van der Waals surface area contributed by atoms with E-state index in [-0.39, 0.29) is 31.1 Å². The van der Waals surface area contributed by atoms with Crippen LogP contribution in [0.4, 0.5) is 22.0 Å². The summed E-state index contributed by atoms with van der Waals surface area (Å²) in [5.41, 5.74) is -0.0213. The third-order valence-electron chi connectivity index (χ3n) is 4.39. The van der Waals surface area contributed by atoms with Gasteiger partial charge < -0.3 is 19.5 Å². The summed E-state index contributed by atoms with van der Waals surface area (Å²) in [4.78, 5) is 22.9. The fraction of sp³-hybridized carbons (Fsp3) is 0.789. The fourth-order valence-electron chi connectivity index (χ4n) is 2.91. The van der Waals surface area contributed by atoms with Crippen LogP contribution in [0.5, 0.6) is 0 Å². The van der Waals surface area contributed by atoms with Crippen molar-refractivity contribution >= 4 is 22.0 Å². The highest BCUT2D eigenvalue weighted by Crippen LogP contribution is 2.39. The fourth-order valence-corrected chi connectivity index (χ4v) is 3.81. The second kappa shape index (κ2) is 11.7. The molecule has 1 saturated heterocycles. The van der Waals surface area contributed by atoms with Gasteiger partial charge in [-0.15, -0.1) is 0 Å². The van der Waals surface area contributed by atoms with Crippen molar-refractivity contribution in [1.29, 1.82) is 0 Å². The van der Waals surface area contributed by atoms with Crippen molar-refractivity contribution in [2.24, 2.45) is 5.92 Å². The lowest BCUT2D eigenvalue weighted by atomic mass is 9.96. The van der Waals surface area contributed by atoms with Crippen LogP contribution in [0.1, 0.15) is 40.0 Å². The molecule has 0 saturated carbocycles. The lowest BCUT2D eigenvalue weighted by molar-refractivity contribution is -0.302. The van der Waals surface area contributed by atoms with Gasteiger partial charge in [-0.05, 0) is 19.3 Å². The van der Waals surface area contributed by atoms with E-state index in [0.717, 1.165) is 0 Å². The average Bonchev–Trinajstić information content (AvgIpc) is 2.69. The van der Waals surface area contributed by atoms with Gasteiger partial charge in [-0.25, -0.2) is 4.79 Å². The third kappa shape index (κ3) is 8.43. The van der Waals surface area contributed by atoms with Gasteiger partial charge in [-0.1, -0.05) is 20.4 Å². The molecule has 9 nitrogen and oxygen atoms in total. The molecule has 1 fully saturated rings. The van der Waals surface area contributed by atoms with E-state index < -0.39 is 64.9 Å². The summed E-state index contributed by atoms with van der Waals surface area (Å²) in [6, 6.07) is 0. The molecule has 198 valence electrons. The second-order valence-corrected chi connectivity index (χ2v) is 9.65. The Morgan fingerprint density at radius 2 is 1.68 bits per heavy atom. The molecule has 1 rings (SSSR count). The van der Waals surface area contributed by atoms with Gasteiger partial charge in [0.1, 0.15) is 6.61 Å². The number of esters is 1. The van der Waals surface area contributed by atoms with Crippen LogP contribution in [-0.2, 0) is 38.1 Å². The summed E-state index contributed by atoms with van der Waals surface area (Å²) < 4.78 is 112. The molecule has 1 atom stereocenters. The van der Waals surface area contributed by atoms with Crippen molar-refractivity contribution < 1.29 is 58.4 Å². The molecule has 0 spiro atoms. The number of rotatable bonds is 12. The normalized spacial score (nSPS) is 17.8. The van der Waals surface area contributed by atoms with Gasteiger partial charge in [0.25, 0.3) is 0 Å². The first-order valence-corrected chi connectivity index (χ1v) is 11.6. The summed E-state index contributed by atoms with van der Waals surface area (Å²) in [5.74, 6) is -5.52. The first kappa shape index (κ1) is 30.2. The number of ether oxygens (including phenoxy) is 3. The van der Waals surface area contributed by atoms with E-state index in [4.69, 9.17) is 9.47 Å². The first-order valence-electron chi connectivity index (χ1n) is 10.2. The molecule has 1 heterocycles. The van der Waals surface area contributed by atoms with Crippen LogP contribution in [0.15, 0.2) is 12.2 Å². The number of alkyl halides is 5. The van der Waals surface area contributed by atoms with Crippen molar-refractivity contribution in [3.8, 4) is 0 Å². The van der Waals surface area contributed by atoms with Crippen LogP contribution >= 0.6 is 0 Å². The smallest absolute Gasteiger partial charge is 0.446 e. The molecule has 0 aromatic rings. The number of hydrogen-bond acceptors (Lipinski definition) is 8. The Balaban J connectivity index is 2.98. The monoisotopic (exact) mass is 525 g/mol. The molecule has 0 radical (unpaired) electrons. The number of hydrogen-bond donors (Lipinski definition) is 1. The van der Waals surface area contributed by atoms with Gasteiger partial charge in [0.15, 0.2) is 11.9 Å². The standard InChI is InChI=1S/C19H28F5NO8S/c1-12(2)10-17(31-7-5-8-32-17)11-14(18(20,21)22)33-34(28,29)19(23,24)16(27)25-6-9-30-15(26)13(3)4/h12,14H,3,5-11H2,1-2,4H3,(H,25,27). The van der Waals surface area contributed by atoms with Crippen molar-refractivity contribution in [1.82, 2.24) is 5.32 Å². The van der Waals surface area contributed by atoms with Crippen LogP contribution in [0.2, 0.25) is 0 Å². The number of carbonyl (C=O) groups is 2. The van der Waals surface area contributed by atoms with E-state index in [1.165, 1.54) is 12.2 Å². The molecule has 0 aliphatic carbocycles. The summed E-state index contributed by atoms with van der Waals surface area (Å²) in [6.07, 6.45) is -9.66. The molecule has 1 aliphatic heterocycles. The Bertz CT molecular complexity index is 838. The van der Waals surface area contributed by atoms with E-state index in [2.05, 4.69) is 15.5 Å². The van der Waals surface area contributed by atoms with Crippen molar-refractivity contribution in [3.63, 3.8) is 0 Å². The van der Waals surface area contributed by atoms with Gasteiger partial charge in [0.05, 0.1) is 19.8 Å². The highest BCUT2D eigenvalue weighted by Gasteiger charge is 2.59. The maximum atomic E-state index is 14.3. The van der Waals surface area contributed by atoms with Crippen LogP contribution in [-0.4, -0.2) is 70.0 Å². The summed E-state index contributed by atoms with van der Waals surface area (Å²) >= 11 is 0. The summed E-state index contributed by atoms with van der Waals surface area (Å²) in [6.45, 7) is 6.52. The Kier molecular flexibility index (Phi) is 10.4. The zero-order valence-electron chi connectivity index (χ0n) is 18.9. The molecule has 1 N–H and O–H groups in total. The van der Waals surface area contributed by atoms with Crippen molar-refractivity contribution in [2.45, 2.75) is 63.4 Å². The highest BCUT2D eigenvalue weighted by molar-refractivity contribution is 7.88. The molecule has 15 heteroatoms. The molecule has 0 aromatic heterocycles. The SMILES string of the molecule is C=C(C)C(=O)OCCNC(=O)C(F)(F)S(=O)(=O)OC(CC1(CC(C)C)OCCCO1)C(F)(F)F. The zero-order chi connectivity index (χ0) is 26.4. The molecule has 0 aromatic carbocycles. The number of halogens is 5. The van der Waals surface area contributed by atoms with Gasteiger partial charge >= 0.3 is 33.4 Å². The maximum Gasteiger partial charge on any atom is 0.446 e. The highest BCUT2D eigenvalue weighted by atomic mass is 32.2. The van der Waals surface area contributed by atoms with E-state index in [1.54, 1.807) is 13.8 Å². The minimum Gasteiger partial charge on any atom is -0.460 e. The Hall–Kier alpha value is -1.84. The molecule has 0 bridgehead atoms. The van der Waals surface area contributed by atoms with Crippen molar-refractivity contribution in [3.05, 3.63) is 12.2 Å². The topological polar surface area (TPSA) is 117 Å². The predicted octanol–water partition coefficient (Wildman–Crippen LogP) is 2.66. The zero-order valence-corrected chi connectivity index (χ0v) is 19.7. The Morgan fingerprint density at radius 1 is 1.12 bits per heavy atom. The van der Waals surface area contributed by atoms with Gasteiger partial charge in [-0.2, -0.15) is 30.4 Å². The number of carbonyl (C=O) groups excluding carboxylic acids is 2. The Labute approximate surface area is 194 Å². The maximum absolute atomic E-state index is 14.3. The quantitative estimate of drug-likeness (QED) is 0.136. The number of nitrogens with one attached hydrogen (secondary N) is 1. The first-order chi connectivity index (χ1) is 15.4. The lowest BCUT2D eigenvalue weighted by Crippen LogP contribution is -2.52. The second-order valence-electron chi connectivity index (χ2n) is 8.03. The van der Waals surface area contributed by atoms with E-state index in [9.17, 15) is 40.0 Å². The van der Waals surface area contributed by atoms with E-state index in [1.807, 2.05) is 0 Å². The Morgan fingerprint density at radius 3 is 2.15 bits per heavy atom. The lowest BCUT2D eigenvalue weighted by Gasteiger charge is -2.40. The molecule has 1 amide bonds. The molecule has 1 aliphatic rings. The molecule has 1 unspecified atom stereocenters. The molecule has 34 heavy (non-hydrogen) atoms. The number of amides is 1. The minimum absolute atomic E-state index is 0.0125. The molecular formula is C19H28F5NO8S. The molecular weight excluding hydrogens is 497 g/mol. The van der Waals surface area contributed by atoms with Crippen molar-refractivity contribution in [2.75, 3.05) is 26.4 Å². The van der Waals surface area contributed by atoms with Crippen LogP contribution < -0.4 is 5.32 Å². The largest absolute Gasteiger partial charge is 0.460 e. The van der Waals surface area contributed by atoms with E-state index in [0.29, 0.717) is 6.42 Å². The average molecular weight is 525 g/mol. The summed E-state index contributed by atoms with van der Waals surface area (Å²) in [5, 5.41) is -3.92. The van der Waals surface area contributed by atoms with Crippen LogP contribution in [0.3, 0.4) is 0 Å². The van der Waals surface area contributed by atoms with Crippen LogP contribution in [0, 0.1) is 5.92 Å². The summed E-state index contributed by atoms with van der Waals surface area (Å²) in [7, 11) is -6.41. The third-order valence-corrected chi connectivity index (χ3v) is 5.69. The van der Waals surface area contributed by atoms with E-state index >= 15 is 0 Å².